The largest absolute Gasteiger partial charge is 0.362 e. The fraction of sp³-hybridized carbons (Fsp3) is 0.478. The highest BCUT2D eigenvalue weighted by Crippen LogP contribution is 2.42. The first-order valence-electron chi connectivity index (χ1n) is 10.3. The van der Waals surface area contributed by atoms with Gasteiger partial charge in [0.05, 0.1) is 10.4 Å². The number of amidine groups is 1. The average molecular weight is 432 g/mol. The van der Waals surface area contributed by atoms with Crippen LogP contribution in [0.15, 0.2) is 28.1 Å². The number of likely N-dealkylation sites (N-methyl/N-ethyl adjacent to an activating group) is 1. The summed E-state index contributed by atoms with van der Waals surface area (Å²) in [6.07, 6.45) is 5.29. The summed E-state index contributed by atoms with van der Waals surface area (Å²) < 4.78 is 0. The minimum atomic E-state index is -0.0547. The van der Waals surface area contributed by atoms with E-state index in [1.807, 2.05) is 19.9 Å². The summed E-state index contributed by atoms with van der Waals surface area (Å²) in [5.74, 6) is -0.000468. The third-order valence-corrected chi connectivity index (χ3v) is 6.70. The summed E-state index contributed by atoms with van der Waals surface area (Å²) in [5, 5.41) is 1.44. The minimum Gasteiger partial charge on any atom is -0.362 e. The van der Waals surface area contributed by atoms with E-state index >= 15 is 0 Å². The zero-order valence-corrected chi connectivity index (χ0v) is 19.7. The van der Waals surface area contributed by atoms with Crippen LogP contribution in [-0.4, -0.2) is 41.1 Å². The minimum absolute atomic E-state index is 0.000468. The van der Waals surface area contributed by atoms with Crippen molar-refractivity contribution in [3.63, 3.8) is 0 Å². The molecule has 0 unspecified atom stereocenters. The highest BCUT2D eigenvalue weighted by molar-refractivity contribution is 8.18. The number of aliphatic imine (C=N–C) groups is 1. The number of carbonyl (C=O) groups excluding carboxylic acids is 1. The van der Waals surface area contributed by atoms with E-state index in [0.29, 0.717) is 23.0 Å². The molecule has 3 rings (SSSR count). The smallest absolute Gasteiger partial charge is 0.266 e. The quantitative estimate of drug-likeness (QED) is 0.531. The van der Waals surface area contributed by atoms with Gasteiger partial charge in [0, 0.05) is 35.9 Å². The third kappa shape index (κ3) is 4.13. The predicted octanol–water partition coefficient (Wildman–Crippen LogP) is 6.06. The molecule has 0 saturated carbocycles. The van der Waals surface area contributed by atoms with Crippen LogP contribution in [-0.2, 0) is 4.79 Å². The SMILES string of the molecule is CCCN1c2cc(Cl)c(/C=C3/SC(=NCC)N(CC)C3=O)cc2C(C)=CC1(C)C. The number of thioether (sulfide) groups is 1. The molecule has 2 aliphatic rings. The third-order valence-electron chi connectivity index (χ3n) is 5.33. The zero-order valence-electron chi connectivity index (χ0n) is 18.2. The van der Waals surface area contributed by atoms with Crippen LogP contribution >= 0.6 is 23.4 Å². The van der Waals surface area contributed by atoms with Crippen LogP contribution in [0.25, 0.3) is 11.6 Å². The Kier molecular flexibility index (Phi) is 6.49. The van der Waals surface area contributed by atoms with Crippen molar-refractivity contribution < 1.29 is 4.79 Å². The van der Waals surface area contributed by atoms with Crippen LogP contribution in [0, 0.1) is 0 Å². The lowest BCUT2D eigenvalue weighted by molar-refractivity contribution is -0.122. The van der Waals surface area contributed by atoms with E-state index in [1.165, 1.54) is 22.9 Å². The van der Waals surface area contributed by atoms with Gasteiger partial charge in [-0.3, -0.25) is 14.7 Å². The number of rotatable bonds is 5. The van der Waals surface area contributed by atoms with Crippen LogP contribution in [0.2, 0.25) is 5.02 Å². The monoisotopic (exact) mass is 431 g/mol. The van der Waals surface area contributed by atoms with Crippen molar-refractivity contribution in [2.24, 2.45) is 4.99 Å². The number of anilines is 1. The van der Waals surface area contributed by atoms with Crippen molar-refractivity contribution >= 4 is 51.8 Å². The van der Waals surface area contributed by atoms with Crippen molar-refractivity contribution in [2.75, 3.05) is 24.5 Å². The average Bonchev–Trinajstić information content (AvgIpc) is 2.94. The lowest BCUT2D eigenvalue weighted by Crippen LogP contribution is -2.45. The first-order chi connectivity index (χ1) is 13.7. The van der Waals surface area contributed by atoms with Gasteiger partial charge in [0.15, 0.2) is 5.17 Å². The van der Waals surface area contributed by atoms with Crippen molar-refractivity contribution in [3.05, 3.63) is 39.3 Å². The molecule has 6 heteroatoms. The maximum Gasteiger partial charge on any atom is 0.266 e. The first kappa shape index (κ1) is 22.0. The Hall–Kier alpha value is -1.72. The van der Waals surface area contributed by atoms with Gasteiger partial charge in [-0.2, -0.15) is 0 Å². The van der Waals surface area contributed by atoms with Crippen molar-refractivity contribution in [1.82, 2.24) is 4.90 Å². The number of carbonyl (C=O) groups is 1. The van der Waals surface area contributed by atoms with E-state index < -0.39 is 0 Å². The molecular weight excluding hydrogens is 402 g/mol. The molecule has 1 aromatic rings. The molecule has 0 atom stereocenters. The van der Waals surface area contributed by atoms with Crippen LogP contribution < -0.4 is 4.90 Å². The molecule has 0 bridgehead atoms. The number of hydrogen-bond acceptors (Lipinski definition) is 4. The molecule has 1 saturated heterocycles. The Morgan fingerprint density at radius 1 is 1.24 bits per heavy atom. The van der Waals surface area contributed by atoms with Gasteiger partial charge in [-0.25, -0.2) is 0 Å². The molecule has 0 N–H and O–H groups in total. The lowest BCUT2D eigenvalue weighted by atomic mass is 9.87. The lowest BCUT2D eigenvalue weighted by Gasteiger charge is -2.43. The van der Waals surface area contributed by atoms with Gasteiger partial charge < -0.3 is 4.90 Å². The Bertz CT molecular complexity index is 917. The van der Waals surface area contributed by atoms with E-state index in [1.54, 1.807) is 4.90 Å². The van der Waals surface area contributed by atoms with Gasteiger partial charge in [-0.05, 0) is 82.1 Å². The number of amides is 1. The fourth-order valence-corrected chi connectivity index (χ4v) is 5.35. The number of nitrogens with zero attached hydrogens (tertiary/aromatic N) is 3. The van der Waals surface area contributed by atoms with Gasteiger partial charge in [-0.15, -0.1) is 0 Å². The molecule has 4 nitrogen and oxygen atoms in total. The van der Waals surface area contributed by atoms with E-state index in [-0.39, 0.29) is 11.4 Å². The van der Waals surface area contributed by atoms with Crippen LogP contribution in [0.5, 0.6) is 0 Å². The summed E-state index contributed by atoms with van der Waals surface area (Å²) in [5.41, 5.74) is 4.40. The van der Waals surface area contributed by atoms with E-state index in [2.05, 4.69) is 55.8 Å². The molecule has 2 heterocycles. The second-order valence-electron chi connectivity index (χ2n) is 7.94. The summed E-state index contributed by atoms with van der Waals surface area (Å²) in [6.45, 7) is 15.0. The normalized spacial score (nSPS) is 21.2. The molecule has 29 heavy (non-hydrogen) atoms. The summed E-state index contributed by atoms with van der Waals surface area (Å²) in [6, 6.07) is 4.17. The maximum absolute atomic E-state index is 12.8. The molecule has 1 aromatic carbocycles. The van der Waals surface area contributed by atoms with Crippen molar-refractivity contribution in [1.29, 1.82) is 0 Å². The van der Waals surface area contributed by atoms with Gasteiger partial charge in [0.25, 0.3) is 5.91 Å². The number of benzene rings is 1. The van der Waals surface area contributed by atoms with Crippen molar-refractivity contribution in [3.8, 4) is 0 Å². The van der Waals surface area contributed by atoms with Crippen LogP contribution in [0.3, 0.4) is 0 Å². The van der Waals surface area contributed by atoms with Gasteiger partial charge in [0.2, 0.25) is 0 Å². The summed E-state index contributed by atoms with van der Waals surface area (Å²) in [4.78, 5) is 22.1. The Morgan fingerprint density at radius 2 is 1.97 bits per heavy atom. The molecule has 1 amide bonds. The first-order valence-corrected chi connectivity index (χ1v) is 11.5. The molecule has 0 aliphatic carbocycles. The number of halogens is 1. The molecule has 0 radical (unpaired) electrons. The van der Waals surface area contributed by atoms with E-state index in [0.717, 1.165) is 29.4 Å². The molecule has 156 valence electrons. The molecule has 0 spiro atoms. The summed E-state index contributed by atoms with van der Waals surface area (Å²) >= 11 is 8.14. The second kappa shape index (κ2) is 8.57. The fourth-order valence-electron chi connectivity index (χ4n) is 4.04. The molecule has 1 fully saturated rings. The number of fused-ring (bicyclic) bond motifs is 1. The molecule has 0 aromatic heterocycles. The van der Waals surface area contributed by atoms with E-state index in [4.69, 9.17) is 11.6 Å². The number of allylic oxidation sites excluding steroid dienone is 1. The van der Waals surface area contributed by atoms with E-state index in [9.17, 15) is 4.79 Å². The second-order valence-corrected chi connectivity index (χ2v) is 9.36. The standard InChI is InChI=1S/C23H30ClN3OS/c1-7-10-27-19-13-18(24)16(11-17(19)15(4)14-23(27,5)6)12-20-21(28)26(9-3)22(29-20)25-8-2/h11-14H,7-10H2,1-6H3/b20-12+,25-22?. The highest BCUT2D eigenvalue weighted by atomic mass is 35.5. The van der Waals surface area contributed by atoms with Gasteiger partial charge in [0.1, 0.15) is 0 Å². The Morgan fingerprint density at radius 3 is 2.59 bits per heavy atom. The van der Waals surface area contributed by atoms with Crippen LogP contribution in [0.1, 0.15) is 59.1 Å². The van der Waals surface area contributed by atoms with Crippen molar-refractivity contribution in [2.45, 2.75) is 53.5 Å². The molecular formula is C23H30ClN3OS. The summed E-state index contributed by atoms with van der Waals surface area (Å²) in [7, 11) is 0. The Balaban J connectivity index is 2.06. The van der Waals surface area contributed by atoms with Gasteiger partial charge in [-0.1, -0.05) is 24.6 Å². The maximum atomic E-state index is 12.8. The van der Waals surface area contributed by atoms with Gasteiger partial charge >= 0.3 is 0 Å². The zero-order chi connectivity index (χ0) is 21.3. The highest BCUT2D eigenvalue weighted by Gasteiger charge is 2.33. The predicted molar refractivity (Wildman–Crippen MR) is 128 cm³/mol. The molecule has 2 aliphatic heterocycles. The van der Waals surface area contributed by atoms with Crippen LogP contribution in [0.4, 0.5) is 5.69 Å². The Labute approximate surface area is 183 Å². The topological polar surface area (TPSA) is 35.9 Å². The number of hydrogen-bond donors (Lipinski definition) is 0.